The van der Waals surface area contributed by atoms with Crippen molar-refractivity contribution in [3.63, 3.8) is 0 Å². The van der Waals surface area contributed by atoms with Gasteiger partial charge in [-0.3, -0.25) is 9.59 Å². The average Bonchev–Trinajstić information content (AvgIpc) is 3.18. The summed E-state index contributed by atoms with van der Waals surface area (Å²) >= 11 is 0. The molecular formula is C20H22N2O5S. The molecule has 1 heterocycles. The molecule has 1 saturated heterocycles. The number of ether oxygens (including phenoxy) is 1. The van der Waals surface area contributed by atoms with E-state index in [9.17, 15) is 18.0 Å². The first kappa shape index (κ1) is 20.0. The summed E-state index contributed by atoms with van der Waals surface area (Å²) < 4.78 is 29.9. The van der Waals surface area contributed by atoms with Gasteiger partial charge in [0, 0.05) is 17.8 Å². The molecule has 2 aromatic carbocycles. The van der Waals surface area contributed by atoms with Crippen molar-refractivity contribution >= 4 is 27.6 Å². The van der Waals surface area contributed by atoms with Gasteiger partial charge >= 0.3 is 5.97 Å². The molecule has 3 rings (SSSR count). The lowest BCUT2D eigenvalue weighted by Crippen LogP contribution is -2.40. The lowest BCUT2D eigenvalue weighted by atomic mass is 10.1. The van der Waals surface area contributed by atoms with Crippen molar-refractivity contribution in [2.45, 2.75) is 25.5 Å². The first-order valence-corrected chi connectivity index (χ1v) is 10.8. The van der Waals surface area contributed by atoms with E-state index in [1.165, 1.54) is 4.31 Å². The standard InChI is InChI=1S/C20H22N2O5S/c1-28(25,26)22-13-5-8-18(22)20(24)27-14-15-9-11-16(12-10-15)19(23)21-17-6-3-2-4-7-17/h2-4,6-7,9-12,18H,5,8,13-14H2,1H3,(H,21,23)/t18-/m0/s1. The predicted molar refractivity (Wildman–Crippen MR) is 105 cm³/mol. The number of para-hydroxylation sites is 1. The van der Waals surface area contributed by atoms with Crippen molar-refractivity contribution in [1.82, 2.24) is 4.31 Å². The van der Waals surface area contributed by atoms with E-state index in [4.69, 9.17) is 4.74 Å². The van der Waals surface area contributed by atoms with Crippen LogP contribution in [0.3, 0.4) is 0 Å². The molecule has 1 N–H and O–H groups in total. The highest BCUT2D eigenvalue weighted by Gasteiger charge is 2.37. The van der Waals surface area contributed by atoms with Gasteiger partial charge in [-0.15, -0.1) is 0 Å². The summed E-state index contributed by atoms with van der Waals surface area (Å²) in [5, 5.41) is 2.80. The van der Waals surface area contributed by atoms with Crippen LogP contribution in [0, 0.1) is 0 Å². The van der Waals surface area contributed by atoms with Crippen molar-refractivity contribution in [3.8, 4) is 0 Å². The van der Waals surface area contributed by atoms with Gasteiger partial charge < -0.3 is 10.1 Å². The van der Waals surface area contributed by atoms with E-state index in [0.29, 0.717) is 36.2 Å². The summed E-state index contributed by atoms with van der Waals surface area (Å²) in [6, 6.07) is 15.1. The maximum Gasteiger partial charge on any atom is 0.324 e. The van der Waals surface area contributed by atoms with Crippen LogP contribution >= 0.6 is 0 Å². The van der Waals surface area contributed by atoms with E-state index in [0.717, 1.165) is 6.26 Å². The second kappa shape index (κ2) is 8.53. The molecule has 28 heavy (non-hydrogen) atoms. The number of benzene rings is 2. The van der Waals surface area contributed by atoms with E-state index in [1.54, 1.807) is 36.4 Å². The Kier molecular flexibility index (Phi) is 6.11. The molecule has 0 radical (unpaired) electrons. The molecule has 0 aromatic heterocycles. The van der Waals surface area contributed by atoms with E-state index in [2.05, 4.69) is 5.32 Å². The van der Waals surface area contributed by atoms with Gasteiger partial charge in [-0.05, 0) is 42.7 Å². The summed E-state index contributed by atoms with van der Waals surface area (Å²) in [4.78, 5) is 24.5. The number of sulfonamides is 1. The topological polar surface area (TPSA) is 92.8 Å². The molecule has 0 saturated carbocycles. The summed E-state index contributed by atoms with van der Waals surface area (Å²) in [5.74, 6) is -0.779. The fourth-order valence-corrected chi connectivity index (χ4v) is 4.21. The average molecular weight is 402 g/mol. The third kappa shape index (κ3) is 4.96. The van der Waals surface area contributed by atoms with Crippen LogP contribution in [-0.2, 0) is 26.2 Å². The molecule has 1 aliphatic heterocycles. The highest BCUT2D eigenvalue weighted by atomic mass is 32.2. The number of hydrogen-bond donors (Lipinski definition) is 1. The summed E-state index contributed by atoms with van der Waals surface area (Å²) in [6.45, 7) is 0.358. The minimum Gasteiger partial charge on any atom is -0.460 e. The van der Waals surface area contributed by atoms with Crippen LogP contribution in [0.15, 0.2) is 54.6 Å². The van der Waals surface area contributed by atoms with Gasteiger partial charge in [-0.2, -0.15) is 4.31 Å². The van der Waals surface area contributed by atoms with E-state index in [-0.39, 0.29) is 12.5 Å². The second-order valence-corrected chi connectivity index (χ2v) is 8.59. The molecule has 0 spiro atoms. The van der Waals surface area contributed by atoms with Gasteiger partial charge in [-0.25, -0.2) is 8.42 Å². The molecule has 0 aliphatic carbocycles. The fourth-order valence-electron chi connectivity index (χ4n) is 3.10. The fraction of sp³-hybridized carbons (Fsp3) is 0.300. The molecule has 0 bridgehead atoms. The third-order valence-corrected chi connectivity index (χ3v) is 5.82. The number of rotatable bonds is 6. The second-order valence-electron chi connectivity index (χ2n) is 6.66. The molecule has 1 fully saturated rings. The van der Waals surface area contributed by atoms with Gasteiger partial charge in [0.1, 0.15) is 12.6 Å². The van der Waals surface area contributed by atoms with Crippen molar-refractivity contribution in [2.75, 3.05) is 18.1 Å². The minimum absolute atomic E-state index is 0.0213. The van der Waals surface area contributed by atoms with Crippen molar-refractivity contribution in [3.05, 3.63) is 65.7 Å². The molecular weight excluding hydrogens is 380 g/mol. The van der Waals surface area contributed by atoms with Gasteiger partial charge in [0.2, 0.25) is 10.0 Å². The molecule has 7 nitrogen and oxygen atoms in total. The number of anilines is 1. The quantitative estimate of drug-likeness (QED) is 0.749. The molecule has 1 atom stereocenters. The lowest BCUT2D eigenvalue weighted by Gasteiger charge is -2.20. The Balaban J connectivity index is 1.56. The maximum atomic E-state index is 12.3. The number of esters is 1. The normalized spacial score (nSPS) is 17.2. The Morgan fingerprint density at radius 3 is 2.43 bits per heavy atom. The molecule has 2 aromatic rings. The zero-order chi connectivity index (χ0) is 20.1. The van der Waals surface area contributed by atoms with Crippen molar-refractivity contribution in [1.29, 1.82) is 0 Å². The third-order valence-electron chi connectivity index (χ3n) is 4.53. The Bertz CT molecular complexity index is 942. The van der Waals surface area contributed by atoms with Crippen molar-refractivity contribution in [2.24, 2.45) is 0 Å². The maximum absolute atomic E-state index is 12.3. The van der Waals surface area contributed by atoms with Crippen LogP contribution in [0.5, 0.6) is 0 Å². The Morgan fingerprint density at radius 1 is 1.11 bits per heavy atom. The first-order chi connectivity index (χ1) is 13.3. The zero-order valence-corrected chi connectivity index (χ0v) is 16.3. The first-order valence-electron chi connectivity index (χ1n) is 8.93. The van der Waals surface area contributed by atoms with Gasteiger partial charge in [0.15, 0.2) is 0 Å². The number of carbonyl (C=O) groups is 2. The number of amides is 1. The van der Waals surface area contributed by atoms with Crippen LogP contribution in [-0.4, -0.2) is 43.4 Å². The van der Waals surface area contributed by atoms with Crippen LogP contribution < -0.4 is 5.32 Å². The Hall–Kier alpha value is -2.71. The largest absolute Gasteiger partial charge is 0.460 e. The minimum atomic E-state index is -3.43. The van der Waals surface area contributed by atoms with Crippen LogP contribution in [0.2, 0.25) is 0 Å². The molecule has 8 heteroatoms. The summed E-state index contributed by atoms with van der Waals surface area (Å²) in [5.41, 5.74) is 1.91. The summed E-state index contributed by atoms with van der Waals surface area (Å²) in [6.07, 6.45) is 2.19. The number of nitrogens with zero attached hydrogens (tertiary/aromatic N) is 1. The van der Waals surface area contributed by atoms with Gasteiger partial charge in [-0.1, -0.05) is 30.3 Å². The SMILES string of the molecule is CS(=O)(=O)N1CCC[C@H]1C(=O)OCc1ccc(C(=O)Nc2ccccc2)cc1. The van der Waals surface area contributed by atoms with E-state index in [1.807, 2.05) is 18.2 Å². The summed E-state index contributed by atoms with van der Waals surface area (Å²) in [7, 11) is -3.43. The highest BCUT2D eigenvalue weighted by molar-refractivity contribution is 7.88. The van der Waals surface area contributed by atoms with Crippen LogP contribution in [0.1, 0.15) is 28.8 Å². The number of hydrogen-bond acceptors (Lipinski definition) is 5. The molecule has 0 unspecified atom stereocenters. The monoisotopic (exact) mass is 402 g/mol. The van der Waals surface area contributed by atoms with Crippen LogP contribution in [0.4, 0.5) is 5.69 Å². The predicted octanol–water partition coefficient (Wildman–Crippen LogP) is 2.41. The highest BCUT2D eigenvalue weighted by Crippen LogP contribution is 2.22. The zero-order valence-electron chi connectivity index (χ0n) is 15.5. The van der Waals surface area contributed by atoms with E-state index < -0.39 is 22.0 Å². The van der Waals surface area contributed by atoms with Crippen LogP contribution in [0.25, 0.3) is 0 Å². The lowest BCUT2D eigenvalue weighted by molar-refractivity contribution is -0.148. The van der Waals surface area contributed by atoms with Gasteiger partial charge in [0.05, 0.1) is 6.26 Å². The Labute approximate surface area is 164 Å². The smallest absolute Gasteiger partial charge is 0.324 e. The number of carbonyl (C=O) groups excluding carboxylic acids is 2. The molecule has 1 aliphatic rings. The molecule has 1 amide bonds. The van der Waals surface area contributed by atoms with Gasteiger partial charge in [0.25, 0.3) is 5.91 Å². The molecule has 148 valence electrons. The van der Waals surface area contributed by atoms with Crippen molar-refractivity contribution < 1.29 is 22.7 Å². The van der Waals surface area contributed by atoms with E-state index >= 15 is 0 Å². The Morgan fingerprint density at radius 2 is 1.79 bits per heavy atom. The number of nitrogens with one attached hydrogen (secondary N) is 1.